The monoisotopic (exact) mass is 251 g/mol. The predicted octanol–water partition coefficient (Wildman–Crippen LogP) is 1.97. The Kier molecular flexibility index (Phi) is 4.75. The minimum absolute atomic E-state index is 0.209. The van der Waals surface area contributed by atoms with Crippen LogP contribution in [-0.4, -0.2) is 31.0 Å². The SMILES string of the molecule is [B]Cc1cccc(S(C)(=O)=NC(=O)OCC)c1. The second-order valence-corrected chi connectivity index (χ2v) is 5.70. The van der Waals surface area contributed by atoms with Gasteiger partial charge < -0.3 is 4.74 Å². The van der Waals surface area contributed by atoms with E-state index in [4.69, 9.17) is 7.85 Å². The Morgan fingerprint density at radius 2 is 2.24 bits per heavy atom. The Balaban J connectivity index is 3.12. The van der Waals surface area contributed by atoms with E-state index in [2.05, 4.69) is 9.10 Å². The van der Waals surface area contributed by atoms with Crippen molar-refractivity contribution in [1.82, 2.24) is 0 Å². The van der Waals surface area contributed by atoms with E-state index in [9.17, 15) is 9.00 Å². The zero-order chi connectivity index (χ0) is 12.9. The largest absolute Gasteiger partial charge is 0.448 e. The summed E-state index contributed by atoms with van der Waals surface area (Å²) in [6.45, 7) is 1.88. The summed E-state index contributed by atoms with van der Waals surface area (Å²) in [5.74, 6) is 0. The van der Waals surface area contributed by atoms with Crippen LogP contribution in [0.15, 0.2) is 33.5 Å². The third kappa shape index (κ3) is 3.89. The number of benzene rings is 1. The van der Waals surface area contributed by atoms with Crippen molar-refractivity contribution in [2.75, 3.05) is 12.9 Å². The summed E-state index contributed by atoms with van der Waals surface area (Å²) in [6, 6.07) is 6.90. The molecular weight excluding hydrogens is 237 g/mol. The van der Waals surface area contributed by atoms with Gasteiger partial charge in [-0.25, -0.2) is 9.00 Å². The van der Waals surface area contributed by atoms with Gasteiger partial charge in [0.25, 0.3) is 0 Å². The van der Waals surface area contributed by atoms with Crippen molar-refractivity contribution in [1.29, 1.82) is 0 Å². The molecule has 1 rings (SSSR count). The van der Waals surface area contributed by atoms with Crippen LogP contribution in [0.25, 0.3) is 0 Å². The Morgan fingerprint density at radius 1 is 1.53 bits per heavy atom. The first-order chi connectivity index (χ1) is 7.99. The van der Waals surface area contributed by atoms with Gasteiger partial charge in [-0.15, -0.1) is 4.36 Å². The molecule has 0 spiro atoms. The van der Waals surface area contributed by atoms with Crippen molar-refractivity contribution in [3.05, 3.63) is 29.8 Å². The van der Waals surface area contributed by atoms with E-state index in [0.29, 0.717) is 11.2 Å². The van der Waals surface area contributed by atoms with E-state index in [0.717, 1.165) is 5.56 Å². The van der Waals surface area contributed by atoms with Gasteiger partial charge in [-0.05, 0) is 19.1 Å². The zero-order valence-electron chi connectivity index (χ0n) is 9.88. The molecule has 0 saturated carbocycles. The van der Waals surface area contributed by atoms with Gasteiger partial charge >= 0.3 is 6.09 Å². The van der Waals surface area contributed by atoms with Crippen LogP contribution in [0, 0.1) is 0 Å². The first-order valence-corrected chi connectivity index (χ1v) is 7.10. The Labute approximate surface area is 103 Å². The average molecular weight is 251 g/mol. The van der Waals surface area contributed by atoms with Gasteiger partial charge in [-0.3, -0.25) is 0 Å². The van der Waals surface area contributed by atoms with Crippen LogP contribution in [0.3, 0.4) is 0 Å². The molecule has 90 valence electrons. The molecular formula is C11H14BNO3S. The summed E-state index contributed by atoms with van der Waals surface area (Å²) in [6.07, 6.45) is 0.945. The average Bonchev–Trinajstić information content (AvgIpc) is 2.28. The first-order valence-electron chi connectivity index (χ1n) is 5.17. The summed E-state index contributed by atoms with van der Waals surface area (Å²) in [5.41, 5.74) is 0.844. The van der Waals surface area contributed by atoms with E-state index < -0.39 is 15.8 Å². The molecule has 1 aromatic carbocycles. The van der Waals surface area contributed by atoms with Crippen molar-refractivity contribution < 1.29 is 13.7 Å². The molecule has 2 radical (unpaired) electrons. The van der Waals surface area contributed by atoms with Gasteiger partial charge in [0.2, 0.25) is 0 Å². The zero-order valence-corrected chi connectivity index (χ0v) is 10.7. The molecule has 1 unspecified atom stereocenters. The van der Waals surface area contributed by atoms with Gasteiger partial charge in [-0.1, -0.05) is 24.0 Å². The van der Waals surface area contributed by atoms with Crippen molar-refractivity contribution >= 4 is 23.7 Å². The molecule has 0 aromatic heterocycles. The number of hydrogen-bond donors (Lipinski definition) is 0. The highest BCUT2D eigenvalue weighted by Gasteiger charge is 2.10. The summed E-state index contributed by atoms with van der Waals surface area (Å²) < 4.78 is 20.4. The molecule has 1 atom stereocenters. The second-order valence-electron chi connectivity index (χ2n) is 3.44. The normalized spacial score (nSPS) is 13.8. The number of nitrogens with zero attached hydrogens (tertiary/aromatic N) is 1. The van der Waals surface area contributed by atoms with E-state index in [1.54, 1.807) is 25.1 Å². The maximum absolute atomic E-state index is 12.2. The quantitative estimate of drug-likeness (QED) is 0.771. The fraction of sp³-hybridized carbons (Fsp3) is 0.364. The topological polar surface area (TPSA) is 55.7 Å². The maximum Gasteiger partial charge on any atom is 0.442 e. The number of carbonyl (C=O) groups excluding carboxylic acids is 1. The molecule has 17 heavy (non-hydrogen) atoms. The predicted molar refractivity (Wildman–Crippen MR) is 67.7 cm³/mol. The van der Waals surface area contributed by atoms with Gasteiger partial charge in [-0.2, -0.15) is 0 Å². The van der Waals surface area contributed by atoms with E-state index in [1.165, 1.54) is 6.26 Å². The summed E-state index contributed by atoms with van der Waals surface area (Å²) >= 11 is 0. The van der Waals surface area contributed by atoms with Crippen molar-refractivity contribution in [3.63, 3.8) is 0 Å². The van der Waals surface area contributed by atoms with Crippen LogP contribution in [0.1, 0.15) is 12.5 Å². The van der Waals surface area contributed by atoms with Gasteiger partial charge in [0, 0.05) is 11.2 Å². The molecule has 0 saturated heterocycles. The van der Waals surface area contributed by atoms with Crippen LogP contribution >= 0.6 is 0 Å². The van der Waals surface area contributed by atoms with E-state index in [-0.39, 0.29) is 6.61 Å². The fourth-order valence-corrected chi connectivity index (χ4v) is 2.40. The standard InChI is InChI=1S/C11H14BNO3S/c1-3-16-11(14)13-17(2,15)10-6-4-5-9(7-10)8-12/h4-7H,3,8H2,1-2H3. The van der Waals surface area contributed by atoms with Crippen LogP contribution in [0.4, 0.5) is 4.79 Å². The maximum atomic E-state index is 12.2. The first kappa shape index (κ1) is 13.8. The number of carbonyl (C=O) groups is 1. The van der Waals surface area contributed by atoms with Crippen LogP contribution in [0.5, 0.6) is 0 Å². The van der Waals surface area contributed by atoms with Crippen LogP contribution < -0.4 is 0 Å². The third-order valence-electron chi connectivity index (χ3n) is 2.09. The number of amides is 1. The molecule has 0 aliphatic rings. The molecule has 0 fully saturated rings. The molecule has 1 aromatic rings. The summed E-state index contributed by atoms with van der Waals surface area (Å²) in [4.78, 5) is 11.7. The molecule has 0 bridgehead atoms. The Bertz CT molecular complexity index is 521. The Hall–Kier alpha value is -1.30. The summed E-state index contributed by atoms with van der Waals surface area (Å²) in [7, 11) is 2.73. The molecule has 6 heteroatoms. The number of ether oxygens (including phenoxy) is 1. The smallest absolute Gasteiger partial charge is 0.442 e. The summed E-state index contributed by atoms with van der Waals surface area (Å²) in [5, 5.41) is 0. The number of hydrogen-bond acceptors (Lipinski definition) is 3. The molecule has 1 amide bonds. The van der Waals surface area contributed by atoms with Crippen molar-refractivity contribution in [3.8, 4) is 0 Å². The molecule has 4 nitrogen and oxygen atoms in total. The lowest BCUT2D eigenvalue weighted by Crippen LogP contribution is -2.05. The van der Waals surface area contributed by atoms with Crippen molar-refractivity contribution in [2.24, 2.45) is 4.36 Å². The van der Waals surface area contributed by atoms with E-state index >= 15 is 0 Å². The lowest BCUT2D eigenvalue weighted by atomic mass is 9.97. The van der Waals surface area contributed by atoms with E-state index in [1.807, 2.05) is 6.07 Å². The highest BCUT2D eigenvalue weighted by Crippen LogP contribution is 2.14. The molecule has 0 aliphatic carbocycles. The van der Waals surface area contributed by atoms with Gasteiger partial charge in [0.1, 0.15) is 0 Å². The fourth-order valence-electron chi connectivity index (χ4n) is 1.25. The minimum atomic E-state index is -2.77. The number of rotatable bonds is 3. The molecule has 0 aliphatic heterocycles. The van der Waals surface area contributed by atoms with Crippen LogP contribution in [-0.2, 0) is 20.8 Å². The minimum Gasteiger partial charge on any atom is -0.448 e. The van der Waals surface area contributed by atoms with Gasteiger partial charge in [0.05, 0.1) is 24.2 Å². The third-order valence-corrected chi connectivity index (χ3v) is 3.71. The highest BCUT2D eigenvalue weighted by molar-refractivity contribution is 7.93. The lowest BCUT2D eigenvalue weighted by molar-refractivity contribution is 0.164. The van der Waals surface area contributed by atoms with Crippen LogP contribution in [0.2, 0.25) is 0 Å². The lowest BCUT2D eigenvalue weighted by Gasteiger charge is -2.05. The van der Waals surface area contributed by atoms with Crippen molar-refractivity contribution in [2.45, 2.75) is 18.1 Å². The molecule has 0 heterocycles. The second kappa shape index (κ2) is 5.86. The Morgan fingerprint density at radius 3 is 2.82 bits per heavy atom. The van der Waals surface area contributed by atoms with Gasteiger partial charge in [0.15, 0.2) is 0 Å². The molecule has 0 N–H and O–H groups in total. The highest BCUT2D eigenvalue weighted by atomic mass is 32.2.